The molecule has 0 aromatic heterocycles. The van der Waals surface area contributed by atoms with Crippen LogP contribution in [0.5, 0.6) is 0 Å². The molecule has 4 atom stereocenters. The molecule has 1 heterocycles. The van der Waals surface area contributed by atoms with Gasteiger partial charge in [0.1, 0.15) is 0 Å². The van der Waals surface area contributed by atoms with Gasteiger partial charge in [-0.2, -0.15) is 4.31 Å². The van der Waals surface area contributed by atoms with Crippen LogP contribution in [0.4, 0.5) is 0 Å². The Balaban J connectivity index is 1.18. The van der Waals surface area contributed by atoms with Crippen molar-refractivity contribution < 1.29 is 27.5 Å². The third-order valence-electron chi connectivity index (χ3n) is 7.34. The van der Waals surface area contributed by atoms with E-state index in [1.54, 1.807) is 24.3 Å². The first-order valence-corrected chi connectivity index (χ1v) is 13.4. The summed E-state index contributed by atoms with van der Waals surface area (Å²) in [4.78, 5) is 24.5. The van der Waals surface area contributed by atoms with Crippen molar-refractivity contribution in [3.05, 3.63) is 29.8 Å². The Morgan fingerprint density at radius 3 is 2.52 bits per heavy atom. The number of aryl methyl sites for hydroxylation is 1. The minimum atomic E-state index is -3.53. The first-order valence-electron chi connectivity index (χ1n) is 11.9. The fourth-order valence-corrected chi connectivity index (χ4v) is 6.95. The van der Waals surface area contributed by atoms with Crippen LogP contribution >= 0.6 is 0 Å². The molecule has 33 heavy (non-hydrogen) atoms. The number of hydrogen-bond donors (Lipinski definition) is 1. The SMILES string of the molecule is C[C@@H](NC(=O)COC(=O)CCc1ccc(S(=O)(=O)N2CCOCC2)cc1)[C@H]1C[C@H]2CC[C@H]1C2. The highest BCUT2D eigenvalue weighted by atomic mass is 32.2. The molecule has 1 N–H and O–H groups in total. The number of amides is 1. The first kappa shape index (κ1) is 24.2. The number of nitrogens with zero attached hydrogens (tertiary/aromatic N) is 1. The lowest BCUT2D eigenvalue weighted by atomic mass is 9.84. The van der Waals surface area contributed by atoms with Gasteiger partial charge in [-0.3, -0.25) is 9.59 Å². The van der Waals surface area contributed by atoms with E-state index in [1.807, 2.05) is 6.92 Å². The zero-order valence-electron chi connectivity index (χ0n) is 19.2. The smallest absolute Gasteiger partial charge is 0.306 e. The van der Waals surface area contributed by atoms with E-state index in [-0.39, 0.29) is 29.9 Å². The fraction of sp³-hybridized carbons (Fsp3) is 0.667. The Morgan fingerprint density at radius 1 is 1.15 bits per heavy atom. The molecule has 0 radical (unpaired) electrons. The van der Waals surface area contributed by atoms with Crippen molar-refractivity contribution in [2.45, 2.75) is 56.4 Å². The van der Waals surface area contributed by atoms with E-state index in [4.69, 9.17) is 9.47 Å². The number of hydrogen-bond acceptors (Lipinski definition) is 6. The lowest BCUT2D eigenvalue weighted by molar-refractivity contribution is -0.148. The summed E-state index contributed by atoms with van der Waals surface area (Å²) in [6.45, 7) is 3.29. The van der Waals surface area contributed by atoms with E-state index in [0.717, 1.165) is 17.4 Å². The molecule has 0 unspecified atom stereocenters. The highest BCUT2D eigenvalue weighted by molar-refractivity contribution is 7.89. The van der Waals surface area contributed by atoms with Gasteiger partial charge in [0.2, 0.25) is 10.0 Å². The molecule has 0 spiro atoms. The van der Waals surface area contributed by atoms with Gasteiger partial charge in [-0.1, -0.05) is 18.6 Å². The summed E-state index contributed by atoms with van der Waals surface area (Å²) in [6.07, 6.45) is 5.62. The number of morpholine rings is 1. The van der Waals surface area contributed by atoms with Gasteiger partial charge in [0.05, 0.1) is 18.1 Å². The number of carbonyl (C=O) groups excluding carboxylic acids is 2. The Labute approximate surface area is 196 Å². The molecule has 4 rings (SSSR count). The molecule has 1 aromatic rings. The van der Waals surface area contributed by atoms with Crippen molar-refractivity contribution in [3.8, 4) is 0 Å². The number of ether oxygens (including phenoxy) is 2. The van der Waals surface area contributed by atoms with Crippen molar-refractivity contribution in [2.75, 3.05) is 32.9 Å². The molecule has 1 amide bonds. The van der Waals surface area contributed by atoms with Gasteiger partial charge in [-0.25, -0.2) is 8.42 Å². The van der Waals surface area contributed by atoms with E-state index < -0.39 is 16.0 Å². The molecule has 2 aliphatic carbocycles. The normalized spacial score (nSPS) is 26.2. The summed E-state index contributed by atoms with van der Waals surface area (Å²) in [5, 5.41) is 3.00. The van der Waals surface area contributed by atoms with Gasteiger partial charge in [0, 0.05) is 25.6 Å². The second kappa shape index (κ2) is 10.5. The number of esters is 1. The van der Waals surface area contributed by atoms with Crippen LogP contribution < -0.4 is 5.32 Å². The number of sulfonamides is 1. The third-order valence-corrected chi connectivity index (χ3v) is 9.25. The van der Waals surface area contributed by atoms with E-state index in [1.165, 1.54) is 30.0 Å². The average Bonchev–Trinajstić information content (AvgIpc) is 3.46. The van der Waals surface area contributed by atoms with Crippen LogP contribution in [0.1, 0.15) is 44.6 Å². The van der Waals surface area contributed by atoms with E-state index in [2.05, 4.69) is 5.32 Å². The highest BCUT2D eigenvalue weighted by Gasteiger charge is 2.42. The predicted molar refractivity (Wildman–Crippen MR) is 122 cm³/mol. The quantitative estimate of drug-likeness (QED) is 0.546. The molecule has 3 aliphatic rings. The number of benzene rings is 1. The van der Waals surface area contributed by atoms with Crippen LogP contribution in [0.3, 0.4) is 0 Å². The van der Waals surface area contributed by atoms with Gasteiger partial charge in [-0.05, 0) is 68.1 Å². The lowest BCUT2D eigenvalue weighted by Crippen LogP contribution is -2.42. The van der Waals surface area contributed by atoms with Crippen molar-refractivity contribution in [3.63, 3.8) is 0 Å². The maximum absolute atomic E-state index is 12.7. The van der Waals surface area contributed by atoms with Crippen LogP contribution in [-0.2, 0) is 35.5 Å². The van der Waals surface area contributed by atoms with Crippen molar-refractivity contribution in [1.29, 1.82) is 0 Å². The second-order valence-electron chi connectivity index (χ2n) is 9.52. The van der Waals surface area contributed by atoms with Crippen LogP contribution in [0.15, 0.2) is 29.2 Å². The number of carbonyl (C=O) groups is 2. The molecule has 3 fully saturated rings. The van der Waals surface area contributed by atoms with E-state index in [9.17, 15) is 18.0 Å². The van der Waals surface area contributed by atoms with Gasteiger partial charge in [0.15, 0.2) is 6.61 Å². The van der Waals surface area contributed by atoms with Crippen molar-refractivity contribution in [2.24, 2.45) is 17.8 Å². The molecular formula is C24H34N2O6S. The highest BCUT2D eigenvalue weighted by Crippen LogP contribution is 2.49. The summed E-state index contributed by atoms with van der Waals surface area (Å²) in [6, 6.07) is 6.67. The first-order chi connectivity index (χ1) is 15.8. The van der Waals surface area contributed by atoms with Crippen molar-refractivity contribution >= 4 is 21.9 Å². The molecule has 1 aromatic carbocycles. The topological polar surface area (TPSA) is 102 Å². The van der Waals surface area contributed by atoms with Crippen LogP contribution in [0.2, 0.25) is 0 Å². The fourth-order valence-electron chi connectivity index (χ4n) is 5.54. The Morgan fingerprint density at radius 2 is 1.88 bits per heavy atom. The molecule has 9 heteroatoms. The average molecular weight is 479 g/mol. The molecule has 182 valence electrons. The van der Waals surface area contributed by atoms with E-state index in [0.29, 0.717) is 38.6 Å². The predicted octanol–water partition coefficient (Wildman–Crippen LogP) is 2.12. The molecule has 2 saturated carbocycles. The standard InChI is InChI=1S/C24H34N2O6S/c1-17(22-15-19-2-6-20(22)14-19)25-23(27)16-32-24(28)9-5-18-3-7-21(8-4-18)33(29,30)26-10-12-31-13-11-26/h3-4,7-8,17,19-20,22H,2,5-6,9-16H2,1H3,(H,25,27)/t17-,19+,20+,22-/m1/s1. The lowest BCUT2D eigenvalue weighted by Gasteiger charge is -2.28. The molecular weight excluding hydrogens is 444 g/mol. The van der Waals surface area contributed by atoms with Gasteiger partial charge in [-0.15, -0.1) is 0 Å². The van der Waals surface area contributed by atoms with Crippen LogP contribution in [0.25, 0.3) is 0 Å². The largest absolute Gasteiger partial charge is 0.456 e. The molecule has 1 saturated heterocycles. The summed E-state index contributed by atoms with van der Waals surface area (Å²) < 4.78 is 37.1. The maximum Gasteiger partial charge on any atom is 0.306 e. The Hall–Kier alpha value is -1.97. The summed E-state index contributed by atoms with van der Waals surface area (Å²) in [5.74, 6) is 1.39. The van der Waals surface area contributed by atoms with Gasteiger partial charge in [0.25, 0.3) is 5.91 Å². The van der Waals surface area contributed by atoms with Crippen molar-refractivity contribution in [1.82, 2.24) is 9.62 Å². The molecule has 2 bridgehead atoms. The monoisotopic (exact) mass is 478 g/mol. The number of nitrogens with one attached hydrogen (secondary N) is 1. The maximum atomic E-state index is 12.7. The third kappa shape index (κ3) is 5.94. The minimum absolute atomic E-state index is 0.110. The molecule has 1 aliphatic heterocycles. The Bertz CT molecular complexity index is 942. The molecule has 8 nitrogen and oxygen atoms in total. The Kier molecular flexibility index (Phi) is 7.71. The van der Waals surface area contributed by atoms with E-state index >= 15 is 0 Å². The second-order valence-corrected chi connectivity index (χ2v) is 11.5. The number of fused-ring (bicyclic) bond motifs is 2. The summed E-state index contributed by atoms with van der Waals surface area (Å²) in [5.41, 5.74) is 0.835. The summed E-state index contributed by atoms with van der Waals surface area (Å²) >= 11 is 0. The minimum Gasteiger partial charge on any atom is -0.456 e. The van der Waals surface area contributed by atoms with Gasteiger partial charge < -0.3 is 14.8 Å². The van der Waals surface area contributed by atoms with Crippen LogP contribution in [0, 0.1) is 17.8 Å². The van der Waals surface area contributed by atoms with Crippen LogP contribution in [-0.4, -0.2) is 63.6 Å². The zero-order chi connectivity index (χ0) is 23.4. The number of rotatable bonds is 9. The zero-order valence-corrected chi connectivity index (χ0v) is 20.0. The summed E-state index contributed by atoms with van der Waals surface area (Å²) in [7, 11) is -3.53. The van der Waals surface area contributed by atoms with Gasteiger partial charge >= 0.3 is 5.97 Å².